The van der Waals surface area contributed by atoms with Gasteiger partial charge < -0.3 is 10.1 Å². The number of hydrogen-bond acceptors (Lipinski definition) is 3. The van der Waals surface area contributed by atoms with Crippen LogP contribution in [0.1, 0.15) is 18.5 Å². The first kappa shape index (κ1) is 12.1. The van der Waals surface area contributed by atoms with Gasteiger partial charge in [0, 0.05) is 31.8 Å². The molecule has 15 heavy (non-hydrogen) atoms. The zero-order chi connectivity index (χ0) is 11.1. The fourth-order valence-electron chi connectivity index (χ4n) is 1.28. The summed E-state index contributed by atoms with van der Waals surface area (Å²) in [5, 5.41) is 3.24. The minimum atomic E-state index is -0.293. The lowest BCUT2D eigenvalue weighted by Crippen LogP contribution is -2.24. The predicted octanol–water partition coefficient (Wildman–Crippen LogP) is 1.56. The van der Waals surface area contributed by atoms with E-state index in [1.165, 1.54) is 12.3 Å². The molecule has 1 atom stereocenters. The van der Waals surface area contributed by atoms with Crippen molar-refractivity contribution in [1.29, 1.82) is 0 Å². The lowest BCUT2D eigenvalue weighted by molar-refractivity contribution is 0.199. The monoisotopic (exact) mass is 212 g/mol. The first-order chi connectivity index (χ1) is 7.24. The summed E-state index contributed by atoms with van der Waals surface area (Å²) in [5.74, 6) is -0.0132. The molecule has 0 aromatic carbocycles. The predicted molar refractivity (Wildman–Crippen MR) is 57.4 cm³/mol. The van der Waals surface area contributed by atoms with E-state index in [0.29, 0.717) is 6.61 Å². The van der Waals surface area contributed by atoms with E-state index < -0.39 is 0 Å². The van der Waals surface area contributed by atoms with Crippen LogP contribution in [0.3, 0.4) is 0 Å². The van der Waals surface area contributed by atoms with Gasteiger partial charge in [0.2, 0.25) is 0 Å². The van der Waals surface area contributed by atoms with Crippen molar-refractivity contribution < 1.29 is 9.13 Å². The third kappa shape index (κ3) is 4.36. The molecule has 0 saturated heterocycles. The van der Waals surface area contributed by atoms with Crippen LogP contribution in [0.2, 0.25) is 0 Å². The molecule has 1 rings (SSSR count). The van der Waals surface area contributed by atoms with Gasteiger partial charge in [-0.05, 0) is 12.1 Å². The van der Waals surface area contributed by atoms with E-state index in [1.54, 1.807) is 13.2 Å². The maximum absolute atomic E-state index is 12.6. The molecule has 0 aliphatic rings. The summed E-state index contributed by atoms with van der Waals surface area (Å²) < 4.78 is 17.5. The number of aromatic nitrogens is 1. The Hall–Kier alpha value is -1.00. The van der Waals surface area contributed by atoms with Gasteiger partial charge >= 0.3 is 0 Å². The number of methoxy groups -OCH3 is 1. The molecule has 1 aromatic rings. The molecular weight excluding hydrogens is 195 g/mol. The molecule has 1 heterocycles. The SMILES string of the molecule is COCCNCC(C)c1ccc(F)cn1. The first-order valence-corrected chi connectivity index (χ1v) is 5.05. The summed E-state index contributed by atoms with van der Waals surface area (Å²) in [6.07, 6.45) is 1.25. The van der Waals surface area contributed by atoms with Gasteiger partial charge in [-0.1, -0.05) is 6.92 Å². The third-order valence-electron chi connectivity index (χ3n) is 2.19. The van der Waals surface area contributed by atoms with E-state index in [-0.39, 0.29) is 11.7 Å². The topological polar surface area (TPSA) is 34.1 Å². The van der Waals surface area contributed by atoms with Crippen LogP contribution < -0.4 is 5.32 Å². The Bertz CT molecular complexity index is 276. The molecule has 3 nitrogen and oxygen atoms in total. The molecule has 0 radical (unpaired) electrons. The van der Waals surface area contributed by atoms with E-state index in [9.17, 15) is 4.39 Å². The van der Waals surface area contributed by atoms with Gasteiger partial charge in [-0.2, -0.15) is 0 Å². The second kappa shape index (κ2) is 6.48. The van der Waals surface area contributed by atoms with Crippen molar-refractivity contribution in [3.63, 3.8) is 0 Å². The largest absolute Gasteiger partial charge is 0.383 e. The maximum atomic E-state index is 12.6. The van der Waals surface area contributed by atoms with Crippen molar-refractivity contribution in [2.45, 2.75) is 12.8 Å². The van der Waals surface area contributed by atoms with E-state index in [1.807, 2.05) is 0 Å². The van der Waals surface area contributed by atoms with Crippen LogP contribution in [-0.4, -0.2) is 31.8 Å². The van der Waals surface area contributed by atoms with Crippen molar-refractivity contribution in [2.24, 2.45) is 0 Å². The summed E-state index contributed by atoms with van der Waals surface area (Å²) in [6, 6.07) is 3.16. The van der Waals surface area contributed by atoms with Gasteiger partial charge in [0.05, 0.1) is 12.8 Å². The fourth-order valence-corrected chi connectivity index (χ4v) is 1.28. The van der Waals surface area contributed by atoms with Crippen molar-refractivity contribution in [1.82, 2.24) is 10.3 Å². The van der Waals surface area contributed by atoms with Crippen molar-refractivity contribution in [3.05, 3.63) is 29.8 Å². The standard InChI is InChI=1S/C11H17FN2O/c1-9(7-13-5-6-15-2)11-4-3-10(12)8-14-11/h3-4,8-9,13H,5-7H2,1-2H3. The maximum Gasteiger partial charge on any atom is 0.141 e. The highest BCUT2D eigenvalue weighted by atomic mass is 19.1. The van der Waals surface area contributed by atoms with Crippen LogP contribution in [0.25, 0.3) is 0 Å². The molecule has 84 valence electrons. The fraction of sp³-hybridized carbons (Fsp3) is 0.545. The van der Waals surface area contributed by atoms with Crippen molar-refractivity contribution in [3.8, 4) is 0 Å². The van der Waals surface area contributed by atoms with Gasteiger partial charge in [-0.25, -0.2) is 4.39 Å². The molecule has 4 heteroatoms. The quantitative estimate of drug-likeness (QED) is 0.727. The van der Waals surface area contributed by atoms with Crippen LogP contribution in [0.5, 0.6) is 0 Å². The van der Waals surface area contributed by atoms with E-state index >= 15 is 0 Å². The third-order valence-corrected chi connectivity index (χ3v) is 2.19. The molecule has 1 unspecified atom stereocenters. The molecule has 0 saturated carbocycles. The summed E-state index contributed by atoms with van der Waals surface area (Å²) in [6.45, 7) is 4.40. The Kier molecular flexibility index (Phi) is 5.21. The Balaban J connectivity index is 2.33. The van der Waals surface area contributed by atoms with Crippen LogP contribution >= 0.6 is 0 Å². The van der Waals surface area contributed by atoms with Gasteiger partial charge in [0.25, 0.3) is 0 Å². The molecule has 1 N–H and O–H groups in total. The van der Waals surface area contributed by atoms with Crippen LogP contribution in [0.4, 0.5) is 4.39 Å². The first-order valence-electron chi connectivity index (χ1n) is 5.05. The number of nitrogens with one attached hydrogen (secondary N) is 1. The summed E-state index contributed by atoms with van der Waals surface area (Å²) in [5.41, 5.74) is 0.904. The minimum Gasteiger partial charge on any atom is -0.383 e. The summed E-state index contributed by atoms with van der Waals surface area (Å²) in [4.78, 5) is 4.03. The summed E-state index contributed by atoms with van der Waals surface area (Å²) >= 11 is 0. The lowest BCUT2D eigenvalue weighted by Gasteiger charge is -2.11. The van der Waals surface area contributed by atoms with Crippen LogP contribution in [0.15, 0.2) is 18.3 Å². The smallest absolute Gasteiger partial charge is 0.141 e. The number of halogens is 1. The zero-order valence-electron chi connectivity index (χ0n) is 9.16. The lowest BCUT2D eigenvalue weighted by atomic mass is 10.1. The van der Waals surface area contributed by atoms with Gasteiger partial charge in [0.15, 0.2) is 0 Å². The van der Waals surface area contributed by atoms with Gasteiger partial charge in [0.1, 0.15) is 5.82 Å². The van der Waals surface area contributed by atoms with Crippen LogP contribution in [-0.2, 0) is 4.74 Å². The van der Waals surface area contributed by atoms with E-state index in [0.717, 1.165) is 18.8 Å². The van der Waals surface area contributed by atoms with Crippen molar-refractivity contribution in [2.75, 3.05) is 26.8 Å². The molecule has 0 bridgehead atoms. The molecule has 1 aromatic heterocycles. The Morgan fingerprint density at radius 1 is 1.53 bits per heavy atom. The molecule has 0 aliphatic heterocycles. The molecule has 0 spiro atoms. The molecular formula is C11H17FN2O. The second-order valence-corrected chi connectivity index (χ2v) is 3.50. The Morgan fingerprint density at radius 3 is 2.93 bits per heavy atom. The van der Waals surface area contributed by atoms with E-state index in [4.69, 9.17) is 4.74 Å². The van der Waals surface area contributed by atoms with Gasteiger partial charge in [-0.15, -0.1) is 0 Å². The minimum absolute atomic E-state index is 0.280. The number of ether oxygens (including phenoxy) is 1. The number of hydrogen-bond donors (Lipinski definition) is 1. The number of rotatable bonds is 6. The molecule has 0 amide bonds. The second-order valence-electron chi connectivity index (χ2n) is 3.50. The van der Waals surface area contributed by atoms with E-state index in [2.05, 4.69) is 17.2 Å². The van der Waals surface area contributed by atoms with Gasteiger partial charge in [-0.3, -0.25) is 4.98 Å². The normalized spacial score (nSPS) is 12.7. The highest BCUT2D eigenvalue weighted by molar-refractivity contribution is 5.09. The van der Waals surface area contributed by atoms with Crippen molar-refractivity contribution >= 4 is 0 Å². The average Bonchev–Trinajstić information content (AvgIpc) is 2.25. The average molecular weight is 212 g/mol. The summed E-state index contributed by atoms with van der Waals surface area (Å²) in [7, 11) is 1.67. The van der Waals surface area contributed by atoms with Crippen LogP contribution in [0, 0.1) is 5.82 Å². The highest BCUT2D eigenvalue weighted by Crippen LogP contribution is 2.10. The number of pyridine rings is 1. The number of nitrogens with zero attached hydrogens (tertiary/aromatic N) is 1. The Morgan fingerprint density at radius 2 is 2.33 bits per heavy atom. The zero-order valence-corrected chi connectivity index (χ0v) is 9.16. The Labute approximate surface area is 89.7 Å². The molecule has 0 fully saturated rings. The molecule has 0 aliphatic carbocycles. The highest BCUT2D eigenvalue weighted by Gasteiger charge is 2.05.